The highest BCUT2D eigenvalue weighted by Crippen LogP contribution is 2.29. The third-order valence-corrected chi connectivity index (χ3v) is 4.37. The number of benzene rings is 1. The maximum atomic E-state index is 12.4. The van der Waals surface area contributed by atoms with Gasteiger partial charge in [0.05, 0.1) is 6.61 Å². The molecule has 7 nitrogen and oxygen atoms in total. The minimum Gasteiger partial charge on any atom is -0.493 e. The molecule has 1 aliphatic rings. The zero-order chi connectivity index (χ0) is 19.4. The fourth-order valence-electron chi connectivity index (χ4n) is 2.84. The number of amides is 4. The van der Waals surface area contributed by atoms with Crippen molar-refractivity contribution in [2.45, 2.75) is 20.8 Å². The number of hydrogen-bond acceptors (Lipinski definition) is 5. The van der Waals surface area contributed by atoms with Crippen LogP contribution in [0.2, 0.25) is 0 Å². The van der Waals surface area contributed by atoms with Crippen molar-refractivity contribution in [3.8, 4) is 5.75 Å². The number of imide groups is 2. The largest absolute Gasteiger partial charge is 0.493 e. The summed E-state index contributed by atoms with van der Waals surface area (Å²) in [7, 11) is 2.71. The number of rotatable bonds is 6. The summed E-state index contributed by atoms with van der Waals surface area (Å²) in [4.78, 5) is 40.6. The average Bonchev–Trinajstić information content (AvgIpc) is 2.64. The van der Waals surface area contributed by atoms with Crippen molar-refractivity contribution in [1.29, 1.82) is 0 Å². The summed E-state index contributed by atoms with van der Waals surface area (Å²) in [6, 6.07) is 5.01. The van der Waals surface area contributed by atoms with Gasteiger partial charge in [-0.2, -0.15) is 0 Å². The number of ether oxygens (including phenoxy) is 1. The van der Waals surface area contributed by atoms with Crippen molar-refractivity contribution in [3.05, 3.63) is 29.3 Å². The Kier molecular flexibility index (Phi) is 6.02. The standard InChI is InChI=1S/C19H25N3O4/c1-6-22(7-2)14-10-9-13(16(12-14)26-8-3)11-15-17(23)20(4)19(25)21(5)18(15)24/h9-12H,6-8H2,1-5H3. The molecule has 0 aromatic heterocycles. The van der Waals surface area contributed by atoms with Gasteiger partial charge < -0.3 is 9.64 Å². The summed E-state index contributed by atoms with van der Waals surface area (Å²) >= 11 is 0. The Morgan fingerprint density at radius 2 is 1.58 bits per heavy atom. The van der Waals surface area contributed by atoms with Gasteiger partial charge in [0, 0.05) is 44.5 Å². The zero-order valence-electron chi connectivity index (χ0n) is 15.9. The summed E-state index contributed by atoms with van der Waals surface area (Å²) in [5, 5.41) is 0. The van der Waals surface area contributed by atoms with Gasteiger partial charge in [0.1, 0.15) is 11.3 Å². The molecule has 26 heavy (non-hydrogen) atoms. The van der Waals surface area contributed by atoms with E-state index in [0.717, 1.165) is 28.6 Å². The maximum Gasteiger partial charge on any atom is 0.333 e. The van der Waals surface area contributed by atoms with Gasteiger partial charge in [-0.15, -0.1) is 0 Å². The molecule has 0 bridgehead atoms. The monoisotopic (exact) mass is 359 g/mol. The van der Waals surface area contributed by atoms with Crippen molar-refractivity contribution in [3.63, 3.8) is 0 Å². The number of carbonyl (C=O) groups excluding carboxylic acids is 3. The number of barbiturate groups is 1. The quantitative estimate of drug-likeness (QED) is 0.576. The molecule has 0 radical (unpaired) electrons. The zero-order valence-corrected chi connectivity index (χ0v) is 15.9. The first kappa shape index (κ1) is 19.5. The first-order chi connectivity index (χ1) is 12.3. The number of anilines is 1. The topological polar surface area (TPSA) is 70.2 Å². The van der Waals surface area contributed by atoms with E-state index in [1.807, 2.05) is 25.1 Å². The molecule has 1 aliphatic heterocycles. The van der Waals surface area contributed by atoms with Gasteiger partial charge in [0.15, 0.2) is 0 Å². The van der Waals surface area contributed by atoms with E-state index in [4.69, 9.17) is 4.74 Å². The van der Waals surface area contributed by atoms with Crippen LogP contribution in [0.5, 0.6) is 5.75 Å². The van der Waals surface area contributed by atoms with Gasteiger partial charge in [0.25, 0.3) is 11.8 Å². The number of nitrogens with zero attached hydrogens (tertiary/aromatic N) is 3. The van der Waals surface area contributed by atoms with Crippen molar-refractivity contribution >= 4 is 29.6 Å². The molecule has 1 aromatic rings. The van der Waals surface area contributed by atoms with E-state index in [2.05, 4.69) is 18.7 Å². The third-order valence-electron chi connectivity index (χ3n) is 4.37. The molecule has 0 N–H and O–H groups in total. The SMILES string of the molecule is CCOc1cc(N(CC)CC)ccc1C=C1C(=O)N(C)C(=O)N(C)C1=O. The molecule has 2 rings (SSSR count). The first-order valence-electron chi connectivity index (χ1n) is 8.69. The highest BCUT2D eigenvalue weighted by Gasteiger charge is 2.37. The number of likely N-dealkylation sites (N-methyl/N-ethyl adjacent to an activating group) is 2. The van der Waals surface area contributed by atoms with Gasteiger partial charge in [-0.1, -0.05) is 0 Å². The van der Waals surface area contributed by atoms with E-state index in [0.29, 0.717) is 17.9 Å². The van der Waals surface area contributed by atoms with E-state index < -0.39 is 17.8 Å². The highest BCUT2D eigenvalue weighted by molar-refractivity contribution is 6.30. The van der Waals surface area contributed by atoms with Crippen LogP contribution in [0.25, 0.3) is 6.08 Å². The molecule has 0 spiro atoms. The van der Waals surface area contributed by atoms with Crippen LogP contribution in [0, 0.1) is 0 Å². The fourth-order valence-corrected chi connectivity index (χ4v) is 2.84. The van der Waals surface area contributed by atoms with Gasteiger partial charge in [-0.05, 0) is 39.0 Å². The maximum absolute atomic E-state index is 12.4. The number of hydrogen-bond donors (Lipinski definition) is 0. The molecule has 0 atom stereocenters. The molecule has 1 heterocycles. The van der Waals surface area contributed by atoms with Crippen LogP contribution < -0.4 is 9.64 Å². The lowest BCUT2D eigenvalue weighted by Gasteiger charge is -2.29. The number of carbonyl (C=O) groups is 3. The summed E-state index contributed by atoms with van der Waals surface area (Å²) in [5.41, 5.74) is 1.56. The van der Waals surface area contributed by atoms with Crippen molar-refractivity contribution in [2.24, 2.45) is 0 Å². The normalized spacial score (nSPS) is 14.8. The Hall–Kier alpha value is -2.83. The molecule has 1 aromatic carbocycles. The van der Waals surface area contributed by atoms with Crippen molar-refractivity contribution in [2.75, 3.05) is 38.7 Å². The van der Waals surface area contributed by atoms with Crippen LogP contribution in [0.3, 0.4) is 0 Å². The van der Waals surface area contributed by atoms with Gasteiger partial charge in [-0.3, -0.25) is 19.4 Å². The summed E-state index contributed by atoms with van der Waals surface area (Å²) in [6.07, 6.45) is 1.49. The number of urea groups is 1. The second-order valence-corrected chi connectivity index (χ2v) is 5.90. The molecular weight excluding hydrogens is 334 g/mol. The second kappa shape index (κ2) is 8.03. The molecular formula is C19H25N3O4. The van der Waals surface area contributed by atoms with Crippen LogP contribution in [0.1, 0.15) is 26.3 Å². The Bertz CT molecular complexity index is 727. The third kappa shape index (κ3) is 3.56. The van der Waals surface area contributed by atoms with Crippen LogP contribution in [-0.2, 0) is 9.59 Å². The van der Waals surface area contributed by atoms with Crippen molar-refractivity contribution in [1.82, 2.24) is 9.80 Å². The molecule has 0 unspecified atom stereocenters. The molecule has 0 saturated carbocycles. The predicted molar refractivity (Wildman–Crippen MR) is 100 cm³/mol. The van der Waals surface area contributed by atoms with Crippen molar-refractivity contribution < 1.29 is 19.1 Å². The lowest BCUT2D eigenvalue weighted by Crippen LogP contribution is -2.52. The van der Waals surface area contributed by atoms with E-state index in [9.17, 15) is 14.4 Å². The van der Waals surface area contributed by atoms with Crippen LogP contribution in [-0.4, -0.2) is 61.4 Å². The molecule has 4 amide bonds. The molecule has 140 valence electrons. The lowest BCUT2D eigenvalue weighted by atomic mass is 10.1. The second-order valence-electron chi connectivity index (χ2n) is 5.90. The van der Waals surface area contributed by atoms with E-state index in [-0.39, 0.29) is 5.57 Å². The highest BCUT2D eigenvalue weighted by atomic mass is 16.5. The fraction of sp³-hybridized carbons (Fsp3) is 0.421. The minimum atomic E-state index is -0.640. The van der Waals surface area contributed by atoms with Gasteiger partial charge in [0.2, 0.25) is 0 Å². The smallest absolute Gasteiger partial charge is 0.333 e. The van der Waals surface area contributed by atoms with Gasteiger partial charge in [-0.25, -0.2) is 4.79 Å². The lowest BCUT2D eigenvalue weighted by molar-refractivity contribution is -0.134. The Labute approximate surface area is 153 Å². The molecule has 1 saturated heterocycles. The molecule has 0 aliphatic carbocycles. The Morgan fingerprint density at radius 3 is 2.08 bits per heavy atom. The summed E-state index contributed by atoms with van der Waals surface area (Å²) < 4.78 is 5.72. The Morgan fingerprint density at radius 1 is 1.00 bits per heavy atom. The predicted octanol–water partition coefficient (Wildman–Crippen LogP) is 2.37. The summed E-state index contributed by atoms with van der Waals surface area (Å²) in [5.74, 6) is -0.644. The van der Waals surface area contributed by atoms with E-state index in [1.165, 1.54) is 20.2 Å². The molecule has 7 heteroatoms. The van der Waals surface area contributed by atoms with Gasteiger partial charge >= 0.3 is 6.03 Å². The average molecular weight is 359 g/mol. The first-order valence-corrected chi connectivity index (χ1v) is 8.69. The van der Waals surface area contributed by atoms with E-state index >= 15 is 0 Å². The Balaban J connectivity index is 2.49. The van der Waals surface area contributed by atoms with E-state index in [1.54, 1.807) is 0 Å². The molecule has 1 fully saturated rings. The van der Waals surface area contributed by atoms with Crippen LogP contribution in [0.15, 0.2) is 23.8 Å². The van der Waals surface area contributed by atoms with Crippen LogP contribution >= 0.6 is 0 Å². The van der Waals surface area contributed by atoms with Crippen LogP contribution in [0.4, 0.5) is 10.5 Å². The minimum absolute atomic E-state index is 0.0638. The summed E-state index contributed by atoms with van der Waals surface area (Å²) in [6.45, 7) is 8.19.